The Morgan fingerprint density at radius 3 is 2.48 bits per heavy atom. The minimum atomic E-state index is -4.07. The van der Waals surface area contributed by atoms with Crippen molar-refractivity contribution in [1.82, 2.24) is 4.72 Å². The van der Waals surface area contributed by atoms with Gasteiger partial charge in [0.05, 0.1) is 11.4 Å². The van der Waals surface area contributed by atoms with Crippen LogP contribution in [0.15, 0.2) is 39.6 Å². The predicted molar refractivity (Wildman–Crippen MR) is 66.1 cm³/mol. The van der Waals surface area contributed by atoms with Crippen LogP contribution in [0.25, 0.3) is 0 Å². The van der Waals surface area contributed by atoms with E-state index in [1.165, 1.54) is 12.1 Å². The van der Waals surface area contributed by atoms with Crippen molar-refractivity contribution >= 4 is 16.0 Å². The minimum Gasteiger partial charge on any atom is -0.475 e. The van der Waals surface area contributed by atoms with Crippen molar-refractivity contribution in [1.29, 1.82) is 0 Å². The van der Waals surface area contributed by atoms with Crippen molar-refractivity contribution in [2.45, 2.75) is 11.4 Å². The van der Waals surface area contributed by atoms with Crippen molar-refractivity contribution in [3.05, 3.63) is 53.5 Å². The van der Waals surface area contributed by atoms with E-state index in [2.05, 4.69) is 4.72 Å². The van der Waals surface area contributed by atoms with Gasteiger partial charge in [0.1, 0.15) is 5.76 Å². The third-order valence-corrected chi connectivity index (χ3v) is 3.91. The number of hydrogen-bond acceptors (Lipinski definition) is 4. The summed E-state index contributed by atoms with van der Waals surface area (Å²) in [5.74, 6) is -4.00. The number of rotatable bonds is 5. The molecule has 0 aliphatic carbocycles. The van der Waals surface area contributed by atoms with E-state index >= 15 is 0 Å². The molecule has 9 heteroatoms. The number of furan rings is 1. The van der Waals surface area contributed by atoms with E-state index in [1.54, 1.807) is 0 Å². The summed E-state index contributed by atoms with van der Waals surface area (Å²) in [5.41, 5.74) is 0. The number of sulfonamides is 1. The Morgan fingerprint density at radius 1 is 1.19 bits per heavy atom. The van der Waals surface area contributed by atoms with Crippen LogP contribution < -0.4 is 4.72 Å². The van der Waals surface area contributed by atoms with Crippen LogP contribution in [0.4, 0.5) is 8.78 Å². The molecule has 1 aromatic heterocycles. The molecule has 0 saturated carbocycles. The second-order valence-electron chi connectivity index (χ2n) is 3.97. The lowest BCUT2D eigenvalue weighted by molar-refractivity contribution is 0.0660. The third kappa shape index (κ3) is 3.44. The zero-order chi connectivity index (χ0) is 15.6. The average Bonchev–Trinajstić information content (AvgIpc) is 2.89. The lowest BCUT2D eigenvalue weighted by atomic mass is 10.3. The number of halogens is 2. The van der Waals surface area contributed by atoms with Crippen molar-refractivity contribution in [2.24, 2.45) is 0 Å². The first-order valence-corrected chi connectivity index (χ1v) is 7.04. The summed E-state index contributed by atoms with van der Waals surface area (Å²) < 4.78 is 56.4. The quantitative estimate of drug-likeness (QED) is 0.875. The van der Waals surface area contributed by atoms with Crippen molar-refractivity contribution < 1.29 is 31.5 Å². The number of benzene rings is 1. The largest absolute Gasteiger partial charge is 0.475 e. The molecule has 112 valence electrons. The van der Waals surface area contributed by atoms with E-state index in [-0.39, 0.29) is 18.1 Å². The molecule has 0 aliphatic rings. The first-order valence-electron chi connectivity index (χ1n) is 5.56. The van der Waals surface area contributed by atoms with E-state index in [1.807, 2.05) is 0 Å². The maximum atomic E-state index is 13.0. The molecule has 2 aromatic rings. The van der Waals surface area contributed by atoms with Gasteiger partial charge in [-0.05, 0) is 30.3 Å². The second-order valence-corrected chi connectivity index (χ2v) is 5.74. The fourth-order valence-electron chi connectivity index (χ4n) is 1.48. The van der Waals surface area contributed by atoms with E-state index in [4.69, 9.17) is 9.52 Å². The second kappa shape index (κ2) is 5.62. The van der Waals surface area contributed by atoms with Gasteiger partial charge < -0.3 is 9.52 Å². The van der Waals surface area contributed by atoms with Crippen LogP contribution in [0.1, 0.15) is 16.3 Å². The number of carboxylic acids is 1. The van der Waals surface area contributed by atoms with Crippen molar-refractivity contribution in [2.75, 3.05) is 0 Å². The predicted octanol–water partition coefficient (Wildman–Crippen LogP) is 1.73. The molecule has 0 atom stereocenters. The zero-order valence-corrected chi connectivity index (χ0v) is 11.2. The number of nitrogens with one attached hydrogen (secondary N) is 1. The van der Waals surface area contributed by atoms with E-state index in [9.17, 15) is 22.0 Å². The van der Waals surface area contributed by atoms with Gasteiger partial charge in [-0.25, -0.2) is 26.7 Å². The summed E-state index contributed by atoms with van der Waals surface area (Å²) in [7, 11) is -4.07. The van der Waals surface area contributed by atoms with Gasteiger partial charge in [0, 0.05) is 0 Å². The molecule has 0 spiro atoms. The van der Waals surface area contributed by atoms with E-state index in [0.717, 1.165) is 6.07 Å². The molecule has 0 bridgehead atoms. The topological polar surface area (TPSA) is 96.6 Å². The number of aromatic carboxylic acids is 1. The molecule has 21 heavy (non-hydrogen) atoms. The smallest absolute Gasteiger partial charge is 0.371 e. The molecule has 6 nitrogen and oxygen atoms in total. The van der Waals surface area contributed by atoms with Gasteiger partial charge in [0.25, 0.3) is 0 Å². The van der Waals surface area contributed by atoms with Gasteiger partial charge in [0.15, 0.2) is 11.6 Å². The highest BCUT2D eigenvalue weighted by molar-refractivity contribution is 7.89. The van der Waals surface area contributed by atoms with Crippen LogP contribution in [-0.2, 0) is 16.6 Å². The van der Waals surface area contributed by atoms with Gasteiger partial charge in [-0.2, -0.15) is 0 Å². The summed E-state index contributed by atoms with van der Waals surface area (Å²) >= 11 is 0. The van der Waals surface area contributed by atoms with Crippen LogP contribution in [0.3, 0.4) is 0 Å². The summed E-state index contributed by atoms with van der Waals surface area (Å²) in [6, 6.07) is 4.61. The zero-order valence-electron chi connectivity index (χ0n) is 10.3. The molecule has 1 heterocycles. The Balaban J connectivity index is 2.13. The first kappa shape index (κ1) is 15.1. The van der Waals surface area contributed by atoms with Gasteiger partial charge in [0.2, 0.25) is 15.8 Å². The minimum absolute atomic E-state index is 0.0681. The highest BCUT2D eigenvalue weighted by Gasteiger charge is 2.17. The first-order chi connectivity index (χ1) is 9.79. The molecule has 0 unspecified atom stereocenters. The number of carboxylic acid groups (broad SMARTS) is 1. The maximum Gasteiger partial charge on any atom is 0.371 e. The maximum absolute atomic E-state index is 13.0. The molecule has 2 rings (SSSR count). The molecule has 0 aliphatic heterocycles. The Hall–Kier alpha value is -2.26. The van der Waals surface area contributed by atoms with E-state index in [0.29, 0.717) is 12.1 Å². The normalized spacial score (nSPS) is 11.5. The number of carbonyl (C=O) groups is 1. The standard InChI is InChI=1S/C12H9F2NO5S/c13-9-3-2-8(5-10(9)14)21(18,19)15-6-7-1-4-11(20-7)12(16)17/h1-5,15H,6H2,(H,16,17). The lowest BCUT2D eigenvalue weighted by Gasteiger charge is -2.05. The monoisotopic (exact) mass is 317 g/mol. The molecular formula is C12H9F2NO5S. The molecular weight excluding hydrogens is 308 g/mol. The lowest BCUT2D eigenvalue weighted by Crippen LogP contribution is -2.23. The van der Waals surface area contributed by atoms with Crippen molar-refractivity contribution in [3.63, 3.8) is 0 Å². The van der Waals surface area contributed by atoms with Crippen LogP contribution >= 0.6 is 0 Å². The molecule has 0 fully saturated rings. The van der Waals surface area contributed by atoms with Crippen LogP contribution in [0.2, 0.25) is 0 Å². The third-order valence-electron chi connectivity index (χ3n) is 2.51. The molecule has 1 aromatic carbocycles. The average molecular weight is 317 g/mol. The van der Waals surface area contributed by atoms with Crippen LogP contribution in [0.5, 0.6) is 0 Å². The Kier molecular flexibility index (Phi) is 4.05. The van der Waals surface area contributed by atoms with Crippen LogP contribution in [0, 0.1) is 11.6 Å². The highest BCUT2D eigenvalue weighted by atomic mass is 32.2. The molecule has 0 radical (unpaired) electrons. The molecule has 2 N–H and O–H groups in total. The summed E-state index contributed by atoms with van der Waals surface area (Å²) in [6.07, 6.45) is 0. The Bertz CT molecular complexity index is 785. The van der Waals surface area contributed by atoms with Gasteiger partial charge in [-0.1, -0.05) is 0 Å². The van der Waals surface area contributed by atoms with E-state index < -0.39 is 32.5 Å². The van der Waals surface area contributed by atoms with Gasteiger partial charge >= 0.3 is 5.97 Å². The SMILES string of the molecule is O=C(O)c1ccc(CNS(=O)(=O)c2ccc(F)c(F)c2)o1. The molecule has 0 saturated heterocycles. The summed E-state index contributed by atoms with van der Waals surface area (Å²) in [5, 5.41) is 8.65. The van der Waals surface area contributed by atoms with Crippen LogP contribution in [-0.4, -0.2) is 19.5 Å². The Labute approximate surface area is 118 Å². The number of hydrogen-bond donors (Lipinski definition) is 2. The fourth-order valence-corrected chi connectivity index (χ4v) is 2.49. The Morgan fingerprint density at radius 2 is 1.90 bits per heavy atom. The van der Waals surface area contributed by atoms with Gasteiger partial charge in [-0.15, -0.1) is 0 Å². The van der Waals surface area contributed by atoms with Gasteiger partial charge in [-0.3, -0.25) is 0 Å². The summed E-state index contributed by atoms with van der Waals surface area (Å²) in [6.45, 7) is -0.325. The van der Waals surface area contributed by atoms with Crippen molar-refractivity contribution in [3.8, 4) is 0 Å². The highest BCUT2D eigenvalue weighted by Crippen LogP contribution is 2.15. The molecule has 0 amide bonds. The summed E-state index contributed by atoms with van der Waals surface area (Å²) in [4.78, 5) is 10.1. The fraction of sp³-hybridized carbons (Fsp3) is 0.0833.